The Bertz CT molecular complexity index is 255. The monoisotopic (exact) mass is 225 g/mol. The van der Waals surface area contributed by atoms with Gasteiger partial charge in [-0.1, -0.05) is 19.4 Å². The first kappa shape index (κ1) is 13.2. The summed E-state index contributed by atoms with van der Waals surface area (Å²) in [5.41, 5.74) is -0.154. The predicted molar refractivity (Wildman–Crippen MR) is 65.2 cm³/mol. The molecule has 16 heavy (non-hydrogen) atoms. The van der Waals surface area contributed by atoms with Crippen molar-refractivity contribution in [1.29, 1.82) is 0 Å². The van der Waals surface area contributed by atoms with Crippen molar-refractivity contribution >= 4 is 5.91 Å². The lowest BCUT2D eigenvalue weighted by atomic mass is 9.91. The van der Waals surface area contributed by atoms with Crippen LogP contribution in [0.4, 0.5) is 0 Å². The third kappa shape index (κ3) is 4.35. The second-order valence-electron chi connectivity index (χ2n) is 5.37. The average molecular weight is 225 g/mol. The molecule has 0 spiro atoms. The summed E-state index contributed by atoms with van der Waals surface area (Å²) in [5.74, 6) is -0.102. The van der Waals surface area contributed by atoms with Crippen molar-refractivity contribution in [2.45, 2.75) is 64.2 Å². The van der Waals surface area contributed by atoms with Crippen LogP contribution >= 0.6 is 0 Å². The fourth-order valence-corrected chi connectivity index (χ4v) is 2.10. The maximum absolute atomic E-state index is 11.3. The minimum atomic E-state index is -0.154. The fraction of sp³-hybridized carbons (Fsp3) is 0.769. The quantitative estimate of drug-likeness (QED) is 0.749. The maximum Gasteiger partial charge on any atom is 0.243 e. The molecular formula is C13H23NO2. The van der Waals surface area contributed by atoms with E-state index in [1.165, 1.54) is 12.5 Å². The number of ether oxygens (including phenoxy) is 1. The van der Waals surface area contributed by atoms with Gasteiger partial charge in [-0.25, -0.2) is 0 Å². The summed E-state index contributed by atoms with van der Waals surface area (Å²) in [6, 6.07) is 0.137. The van der Waals surface area contributed by atoms with Gasteiger partial charge in [0.2, 0.25) is 5.91 Å². The zero-order valence-corrected chi connectivity index (χ0v) is 10.6. The number of amides is 1. The van der Waals surface area contributed by atoms with Crippen molar-refractivity contribution in [2.75, 3.05) is 0 Å². The zero-order valence-electron chi connectivity index (χ0n) is 10.6. The largest absolute Gasteiger partial charge is 0.371 e. The van der Waals surface area contributed by atoms with E-state index in [4.69, 9.17) is 4.74 Å². The molecule has 0 radical (unpaired) electrons. The van der Waals surface area contributed by atoms with E-state index in [0.717, 1.165) is 19.3 Å². The van der Waals surface area contributed by atoms with Gasteiger partial charge in [-0.2, -0.15) is 0 Å². The zero-order chi connectivity index (χ0) is 12.2. The Kier molecular flexibility index (Phi) is 4.54. The molecule has 0 unspecified atom stereocenters. The van der Waals surface area contributed by atoms with Gasteiger partial charge in [-0.15, -0.1) is 0 Å². The summed E-state index contributed by atoms with van der Waals surface area (Å²) < 4.78 is 5.99. The molecule has 1 aliphatic carbocycles. The number of hydrogen-bond acceptors (Lipinski definition) is 2. The molecule has 1 amide bonds. The van der Waals surface area contributed by atoms with E-state index in [9.17, 15) is 4.79 Å². The van der Waals surface area contributed by atoms with Crippen molar-refractivity contribution in [3.8, 4) is 0 Å². The molecule has 1 N–H and O–H groups in total. The Balaban J connectivity index is 2.56. The van der Waals surface area contributed by atoms with Crippen LogP contribution in [-0.4, -0.2) is 23.7 Å². The SMILES string of the molecule is C=CC(=O)N[C@H]1CCCC[C@@H]1OC(C)(C)C. The Morgan fingerprint density at radius 2 is 2.00 bits per heavy atom. The van der Waals surface area contributed by atoms with Gasteiger partial charge in [0, 0.05) is 0 Å². The number of carbonyl (C=O) groups is 1. The summed E-state index contributed by atoms with van der Waals surface area (Å²) >= 11 is 0. The highest BCUT2D eigenvalue weighted by Gasteiger charge is 2.29. The van der Waals surface area contributed by atoms with E-state index in [1.807, 2.05) is 20.8 Å². The molecule has 0 heterocycles. The summed E-state index contributed by atoms with van der Waals surface area (Å²) in [7, 11) is 0. The molecule has 0 aromatic rings. The van der Waals surface area contributed by atoms with Crippen LogP contribution in [0.15, 0.2) is 12.7 Å². The Hall–Kier alpha value is -0.830. The Morgan fingerprint density at radius 3 is 2.56 bits per heavy atom. The molecule has 1 saturated carbocycles. The van der Waals surface area contributed by atoms with Gasteiger partial charge in [0.05, 0.1) is 17.7 Å². The van der Waals surface area contributed by atoms with E-state index in [2.05, 4.69) is 11.9 Å². The topological polar surface area (TPSA) is 38.3 Å². The maximum atomic E-state index is 11.3. The molecule has 0 saturated heterocycles. The van der Waals surface area contributed by atoms with Gasteiger partial charge >= 0.3 is 0 Å². The van der Waals surface area contributed by atoms with Crippen LogP contribution in [0.2, 0.25) is 0 Å². The second-order valence-corrected chi connectivity index (χ2v) is 5.37. The fourth-order valence-electron chi connectivity index (χ4n) is 2.10. The third-order valence-corrected chi connectivity index (χ3v) is 2.72. The molecule has 2 atom stereocenters. The van der Waals surface area contributed by atoms with Crippen molar-refractivity contribution in [3.63, 3.8) is 0 Å². The van der Waals surface area contributed by atoms with Gasteiger partial charge in [-0.05, 0) is 39.7 Å². The first-order valence-corrected chi connectivity index (χ1v) is 6.03. The number of hydrogen-bond donors (Lipinski definition) is 1. The average Bonchev–Trinajstić information content (AvgIpc) is 2.18. The Labute approximate surface area is 98.2 Å². The van der Waals surface area contributed by atoms with Crippen molar-refractivity contribution in [3.05, 3.63) is 12.7 Å². The summed E-state index contributed by atoms with van der Waals surface area (Å²) in [5, 5.41) is 2.96. The molecule has 3 nitrogen and oxygen atoms in total. The predicted octanol–water partition coefficient (Wildman–Crippen LogP) is 2.41. The van der Waals surface area contributed by atoms with Gasteiger partial charge < -0.3 is 10.1 Å². The molecule has 0 bridgehead atoms. The number of carbonyl (C=O) groups excluding carboxylic acids is 1. The lowest BCUT2D eigenvalue weighted by Crippen LogP contribution is -2.48. The van der Waals surface area contributed by atoms with E-state index < -0.39 is 0 Å². The first-order chi connectivity index (χ1) is 7.42. The second kappa shape index (κ2) is 5.48. The molecule has 1 fully saturated rings. The third-order valence-electron chi connectivity index (χ3n) is 2.72. The molecule has 1 rings (SSSR count). The van der Waals surface area contributed by atoms with Gasteiger partial charge in [0.1, 0.15) is 0 Å². The molecule has 92 valence electrons. The molecular weight excluding hydrogens is 202 g/mol. The highest BCUT2D eigenvalue weighted by atomic mass is 16.5. The van der Waals surface area contributed by atoms with Crippen LogP contribution in [0.5, 0.6) is 0 Å². The summed E-state index contributed by atoms with van der Waals surface area (Å²) in [6.07, 6.45) is 5.83. The standard InChI is InChI=1S/C13H23NO2/c1-5-12(15)14-10-8-6-7-9-11(10)16-13(2,3)4/h5,10-11H,1,6-9H2,2-4H3,(H,14,15)/t10-,11-/m0/s1. The van der Waals surface area contributed by atoms with Crippen LogP contribution in [0.25, 0.3) is 0 Å². The van der Waals surface area contributed by atoms with Crippen LogP contribution in [0.1, 0.15) is 46.5 Å². The summed E-state index contributed by atoms with van der Waals surface area (Å²) in [6.45, 7) is 9.62. The number of rotatable bonds is 3. The van der Waals surface area contributed by atoms with Crippen molar-refractivity contribution in [2.24, 2.45) is 0 Å². The van der Waals surface area contributed by atoms with E-state index in [-0.39, 0.29) is 23.7 Å². The normalized spacial score (nSPS) is 26.2. The molecule has 0 aromatic heterocycles. The lowest BCUT2D eigenvalue weighted by molar-refractivity contribution is -0.122. The minimum Gasteiger partial charge on any atom is -0.371 e. The van der Waals surface area contributed by atoms with E-state index in [0.29, 0.717) is 0 Å². The Morgan fingerprint density at radius 1 is 1.38 bits per heavy atom. The lowest BCUT2D eigenvalue weighted by Gasteiger charge is -2.36. The highest BCUT2D eigenvalue weighted by Crippen LogP contribution is 2.25. The van der Waals surface area contributed by atoms with Gasteiger partial charge in [0.25, 0.3) is 0 Å². The van der Waals surface area contributed by atoms with E-state index in [1.54, 1.807) is 0 Å². The van der Waals surface area contributed by atoms with Crippen LogP contribution in [0.3, 0.4) is 0 Å². The summed E-state index contributed by atoms with van der Waals surface area (Å²) in [4.78, 5) is 11.3. The van der Waals surface area contributed by atoms with Crippen molar-refractivity contribution in [1.82, 2.24) is 5.32 Å². The van der Waals surface area contributed by atoms with Gasteiger partial charge in [0.15, 0.2) is 0 Å². The molecule has 0 aromatic carbocycles. The highest BCUT2D eigenvalue weighted by molar-refractivity contribution is 5.87. The van der Waals surface area contributed by atoms with Gasteiger partial charge in [-0.3, -0.25) is 4.79 Å². The van der Waals surface area contributed by atoms with Crippen LogP contribution in [-0.2, 0) is 9.53 Å². The van der Waals surface area contributed by atoms with Crippen LogP contribution < -0.4 is 5.32 Å². The first-order valence-electron chi connectivity index (χ1n) is 6.03. The molecule has 3 heteroatoms. The van der Waals surface area contributed by atoms with Crippen LogP contribution in [0, 0.1) is 0 Å². The number of nitrogens with one attached hydrogen (secondary N) is 1. The molecule has 1 aliphatic rings. The minimum absolute atomic E-state index is 0.102. The smallest absolute Gasteiger partial charge is 0.243 e. The van der Waals surface area contributed by atoms with Crippen molar-refractivity contribution < 1.29 is 9.53 Å². The van der Waals surface area contributed by atoms with E-state index >= 15 is 0 Å². The molecule has 0 aliphatic heterocycles.